The van der Waals surface area contributed by atoms with E-state index in [1.54, 1.807) is 11.0 Å². The van der Waals surface area contributed by atoms with Gasteiger partial charge in [-0.25, -0.2) is 9.97 Å². The molecule has 0 N–H and O–H groups in total. The molecule has 25 heavy (non-hydrogen) atoms. The van der Waals surface area contributed by atoms with Gasteiger partial charge in [0, 0.05) is 36.8 Å². The zero-order valence-electron chi connectivity index (χ0n) is 14.7. The molecule has 1 aliphatic heterocycles. The van der Waals surface area contributed by atoms with Gasteiger partial charge in [0.15, 0.2) is 5.82 Å². The minimum atomic E-state index is -0.290. The molecule has 1 atom stereocenters. The molecule has 2 aromatic rings. The molecule has 0 radical (unpaired) electrons. The molecule has 8 heteroatoms. The van der Waals surface area contributed by atoms with Crippen LogP contribution in [0.4, 0.5) is 0 Å². The van der Waals surface area contributed by atoms with Gasteiger partial charge < -0.3 is 18.9 Å². The fourth-order valence-corrected chi connectivity index (χ4v) is 2.83. The van der Waals surface area contributed by atoms with E-state index in [2.05, 4.69) is 15.1 Å². The highest BCUT2D eigenvalue weighted by Crippen LogP contribution is 2.21. The number of methoxy groups -OCH3 is 1. The summed E-state index contributed by atoms with van der Waals surface area (Å²) in [6.07, 6.45) is 0.539. The maximum atomic E-state index is 12.5. The highest BCUT2D eigenvalue weighted by atomic mass is 16.5. The summed E-state index contributed by atoms with van der Waals surface area (Å²) in [5, 5.41) is 3.73. The summed E-state index contributed by atoms with van der Waals surface area (Å²) in [7, 11) is 1.52. The van der Waals surface area contributed by atoms with Crippen molar-refractivity contribution in [2.24, 2.45) is 0 Å². The van der Waals surface area contributed by atoms with Crippen molar-refractivity contribution in [2.45, 2.75) is 32.8 Å². The van der Waals surface area contributed by atoms with Crippen LogP contribution in [0.3, 0.4) is 0 Å². The van der Waals surface area contributed by atoms with Crippen molar-refractivity contribution in [3.05, 3.63) is 35.1 Å². The molecule has 0 aromatic carbocycles. The first kappa shape index (κ1) is 17.3. The quantitative estimate of drug-likeness (QED) is 0.812. The number of carbonyl (C=O) groups excluding carboxylic acids is 1. The number of hydrogen-bond acceptors (Lipinski definition) is 7. The maximum absolute atomic E-state index is 12.5. The molecule has 1 fully saturated rings. The molecule has 3 rings (SSSR count). The number of morpholine rings is 1. The predicted octanol–water partition coefficient (Wildman–Crippen LogP) is 1.62. The minimum absolute atomic E-state index is 0.0491. The third-order valence-electron chi connectivity index (χ3n) is 4.04. The van der Waals surface area contributed by atoms with Gasteiger partial charge in [0.1, 0.15) is 11.9 Å². The molecule has 1 amide bonds. The molecule has 0 bridgehead atoms. The largest absolute Gasteiger partial charge is 0.479 e. The number of aryl methyl sites for hydroxylation is 3. The Bertz CT molecular complexity index is 726. The van der Waals surface area contributed by atoms with Crippen molar-refractivity contribution < 1.29 is 18.8 Å². The van der Waals surface area contributed by atoms with E-state index in [1.807, 2.05) is 19.9 Å². The van der Waals surface area contributed by atoms with Crippen molar-refractivity contribution in [2.75, 3.05) is 26.8 Å². The molecule has 8 nitrogen and oxygen atoms in total. The maximum Gasteiger partial charge on any atom is 0.254 e. The predicted molar refractivity (Wildman–Crippen MR) is 88.2 cm³/mol. The molecule has 2 aromatic heterocycles. The lowest BCUT2D eigenvalue weighted by Gasteiger charge is -2.32. The van der Waals surface area contributed by atoms with E-state index in [0.717, 1.165) is 11.4 Å². The molecule has 0 spiro atoms. The Morgan fingerprint density at radius 2 is 2.08 bits per heavy atom. The Morgan fingerprint density at radius 3 is 2.76 bits per heavy atom. The average Bonchev–Trinajstić information content (AvgIpc) is 3.07. The van der Waals surface area contributed by atoms with Gasteiger partial charge in [0.2, 0.25) is 5.91 Å². The number of carbonyl (C=O) groups is 1. The van der Waals surface area contributed by atoms with Crippen LogP contribution in [0.5, 0.6) is 5.88 Å². The van der Waals surface area contributed by atoms with Gasteiger partial charge >= 0.3 is 0 Å². The summed E-state index contributed by atoms with van der Waals surface area (Å²) in [6, 6.07) is 3.61. The molecule has 134 valence electrons. The van der Waals surface area contributed by atoms with Crippen LogP contribution in [0.15, 0.2) is 16.7 Å². The van der Waals surface area contributed by atoms with E-state index >= 15 is 0 Å². The van der Waals surface area contributed by atoms with Crippen molar-refractivity contribution in [1.29, 1.82) is 0 Å². The third-order valence-corrected chi connectivity index (χ3v) is 4.04. The van der Waals surface area contributed by atoms with E-state index in [9.17, 15) is 4.79 Å². The van der Waals surface area contributed by atoms with Gasteiger partial charge in [-0.15, -0.1) is 0 Å². The summed E-state index contributed by atoms with van der Waals surface area (Å²) < 4.78 is 15.9. The Kier molecular flexibility index (Phi) is 5.28. The molecular formula is C17H22N4O4. The fourth-order valence-electron chi connectivity index (χ4n) is 2.83. The first-order valence-corrected chi connectivity index (χ1v) is 8.26. The summed E-state index contributed by atoms with van der Waals surface area (Å²) in [6.45, 7) is 5.36. The summed E-state index contributed by atoms with van der Waals surface area (Å²) in [4.78, 5) is 23.2. The molecule has 0 saturated carbocycles. The number of aromatic nitrogens is 3. The van der Waals surface area contributed by atoms with Gasteiger partial charge in [0.25, 0.3) is 5.88 Å². The monoisotopic (exact) mass is 346 g/mol. The number of ether oxygens (including phenoxy) is 2. The molecule has 1 aliphatic rings. The molecule has 0 aliphatic carbocycles. The standard InChI is InChI=1S/C17H22N4O4/c1-11-8-12(2)19-17(18-11)14-10-21(6-7-24-14)16(22)5-4-13-9-15(23-3)20-25-13/h8-9,14H,4-7,10H2,1-3H3/t14-/m1/s1. The summed E-state index contributed by atoms with van der Waals surface area (Å²) in [5.74, 6) is 1.73. The van der Waals surface area contributed by atoms with Crippen LogP contribution >= 0.6 is 0 Å². The lowest BCUT2D eigenvalue weighted by molar-refractivity contribution is -0.139. The van der Waals surface area contributed by atoms with Gasteiger partial charge in [-0.3, -0.25) is 4.79 Å². The smallest absolute Gasteiger partial charge is 0.254 e. The lowest BCUT2D eigenvalue weighted by atomic mass is 10.2. The lowest BCUT2D eigenvalue weighted by Crippen LogP contribution is -2.42. The fraction of sp³-hybridized carbons (Fsp3) is 0.529. The zero-order valence-corrected chi connectivity index (χ0v) is 14.7. The van der Waals surface area contributed by atoms with Crippen LogP contribution in [0, 0.1) is 13.8 Å². The van der Waals surface area contributed by atoms with Crippen molar-refractivity contribution in [3.63, 3.8) is 0 Å². The van der Waals surface area contributed by atoms with Crippen LogP contribution in [-0.2, 0) is 16.0 Å². The molecular weight excluding hydrogens is 324 g/mol. The second kappa shape index (κ2) is 7.60. The van der Waals surface area contributed by atoms with E-state index < -0.39 is 0 Å². The van der Waals surface area contributed by atoms with E-state index in [1.165, 1.54) is 7.11 Å². The SMILES string of the molecule is COc1cc(CCC(=O)N2CCO[C@@H](c3nc(C)cc(C)n3)C2)on1. The normalized spacial score (nSPS) is 17.6. The Labute approximate surface area is 146 Å². The van der Waals surface area contributed by atoms with Crippen LogP contribution in [-0.4, -0.2) is 52.7 Å². The third kappa shape index (κ3) is 4.33. The second-order valence-corrected chi connectivity index (χ2v) is 6.04. The highest BCUT2D eigenvalue weighted by molar-refractivity contribution is 5.76. The first-order chi connectivity index (χ1) is 12.0. The Morgan fingerprint density at radius 1 is 1.32 bits per heavy atom. The van der Waals surface area contributed by atoms with Crippen LogP contribution < -0.4 is 4.74 Å². The topological polar surface area (TPSA) is 90.6 Å². The van der Waals surface area contributed by atoms with Gasteiger partial charge in [-0.05, 0) is 25.1 Å². The van der Waals surface area contributed by atoms with Gasteiger partial charge in [-0.1, -0.05) is 0 Å². The Balaban J connectivity index is 1.59. The van der Waals surface area contributed by atoms with E-state index in [-0.39, 0.29) is 12.0 Å². The number of nitrogens with zero attached hydrogens (tertiary/aromatic N) is 4. The van der Waals surface area contributed by atoms with Crippen molar-refractivity contribution in [3.8, 4) is 5.88 Å². The van der Waals surface area contributed by atoms with Crippen LogP contribution in [0.2, 0.25) is 0 Å². The molecule has 3 heterocycles. The zero-order chi connectivity index (χ0) is 17.8. The number of rotatable bonds is 5. The van der Waals surface area contributed by atoms with Crippen molar-refractivity contribution >= 4 is 5.91 Å². The van der Waals surface area contributed by atoms with Gasteiger partial charge in [-0.2, -0.15) is 0 Å². The van der Waals surface area contributed by atoms with E-state index in [4.69, 9.17) is 14.0 Å². The molecule has 0 unspecified atom stereocenters. The second-order valence-electron chi connectivity index (χ2n) is 6.04. The summed E-state index contributed by atoms with van der Waals surface area (Å²) >= 11 is 0. The van der Waals surface area contributed by atoms with E-state index in [0.29, 0.717) is 50.0 Å². The average molecular weight is 346 g/mol. The summed E-state index contributed by atoms with van der Waals surface area (Å²) in [5.41, 5.74) is 1.79. The van der Waals surface area contributed by atoms with Crippen molar-refractivity contribution in [1.82, 2.24) is 20.0 Å². The Hall–Kier alpha value is -2.48. The number of amides is 1. The number of hydrogen-bond donors (Lipinski definition) is 0. The van der Waals surface area contributed by atoms with Crippen LogP contribution in [0.1, 0.15) is 35.5 Å². The molecule has 1 saturated heterocycles. The van der Waals surface area contributed by atoms with Gasteiger partial charge in [0.05, 0.1) is 20.3 Å². The van der Waals surface area contributed by atoms with Crippen LogP contribution in [0.25, 0.3) is 0 Å². The first-order valence-electron chi connectivity index (χ1n) is 8.26. The minimum Gasteiger partial charge on any atom is -0.479 e. The highest BCUT2D eigenvalue weighted by Gasteiger charge is 2.27.